The molecule has 2 aromatic heterocycles. The van der Waals surface area contributed by atoms with E-state index < -0.39 is 0 Å². The molecule has 0 bridgehead atoms. The Kier molecular flexibility index (Phi) is 4.31. The van der Waals surface area contributed by atoms with E-state index >= 15 is 0 Å². The lowest BCUT2D eigenvalue weighted by Gasteiger charge is -2.10. The van der Waals surface area contributed by atoms with Gasteiger partial charge < -0.3 is 5.32 Å². The van der Waals surface area contributed by atoms with Crippen molar-refractivity contribution < 1.29 is 0 Å². The summed E-state index contributed by atoms with van der Waals surface area (Å²) in [5.74, 6) is 0. The number of hydrogen-bond acceptors (Lipinski definition) is 4. The molecule has 2 nitrogen and oxygen atoms in total. The summed E-state index contributed by atoms with van der Waals surface area (Å²) >= 11 is 3.67. The number of thiophene rings is 1. The van der Waals surface area contributed by atoms with Crippen molar-refractivity contribution >= 4 is 22.7 Å². The first-order valence-corrected chi connectivity index (χ1v) is 7.55. The first-order valence-electron chi connectivity index (χ1n) is 5.92. The molecule has 1 unspecified atom stereocenters. The van der Waals surface area contributed by atoms with E-state index in [0.29, 0.717) is 6.04 Å². The lowest BCUT2D eigenvalue weighted by molar-refractivity contribution is 0.587. The molecule has 0 aliphatic carbocycles. The summed E-state index contributed by atoms with van der Waals surface area (Å²) in [6.07, 6.45) is 3.09. The number of rotatable bonds is 5. The minimum atomic E-state index is 0.419. The molecule has 0 saturated heterocycles. The fourth-order valence-corrected chi connectivity index (χ4v) is 3.38. The molecule has 0 radical (unpaired) electrons. The van der Waals surface area contributed by atoms with Crippen LogP contribution in [0.5, 0.6) is 0 Å². The zero-order valence-corrected chi connectivity index (χ0v) is 12.1. The minimum absolute atomic E-state index is 0.419. The van der Waals surface area contributed by atoms with Gasteiger partial charge in [-0.1, -0.05) is 6.92 Å². The summed E-state index contributed by atoms with van der Waals surface area (Å²) in [6.45, 7) is 7.38. The summed E-state index contributed by atoms with van der Waals surface area (Å²) in [5.41, 5.74) is 0. The van der Waals surface area contributed by atoms with E-state index in [1.165, 1.54) is 14.6 Å². The van der Waals surface area contributed by atoms with Gasteiger partial charge in [-0.2, -0.15) is 0 Å². The predicted octanol–water partition coefficient (Wildman–Crippen LogP) is 3.93. The SMILES string of the molecule is CCc1ccc(C(C)NCc2cnc(C)s2)s1. The Morgan fingerprint density at radius 1 is 1.29 bits per heavy atom. The average Bonchev–Trinajstić information content (AvgIpc) is 2.94. The Hall–Kier alpha value is -0.710. The second-order valence-electron chi connectivity index (χ2n) is 4.11. The average molecular weight is 266 g/mol. The number of aryl methyl sites for hydroxylation is 2. The van der Waals surface area contributed by atoms with Crippen LogP contribution in [0.1, 0.15) is 39.5 Å². The third-order valence-electron chi connectivity index (χ3n) is 2.71. The molecule has 0 amide bonds. The van der Waals surface area contributed by atoms with Crippen molar-refractivity contribution in [3.63, 3.8) is 0 Å². The third kappa shape index (κ3) is 3.37. The van der Waals surface area contributed by atoms with Crippen LogP contribution in [-0.4, -0.2) is 4.98 Å². The second kappa shape index (κ2) is 5.76. The number of hydrogen-bond donors (Lipinski definition) is 1. The molecule has 92 valence electrons. The van der Waals surface area contributed by atoms with Gasteiger partial charge in [-0.25, -0.2) is 4.98 Å². The van der Waals surface area contributed by atoms with Crippen molar-refractivity contribution in [3.8, 4) is 0 Å². The highest BCUT2D eigenvalue weighted by Gasteiger charge is 2.08. The van der Waals surface area contributed by atoms with Gasteiger partial charge in [-0.3, -0.25) is 0 Å². The smallest absolute Gasteiger partial charge is 0.0897 e. The fourth-order valence-electron chi connectivity index (χ4n) is 1.66. The maximum Gasteiger partial charge on any atom is 0.0897 e. The zero-order chi connectivity index (χ0) is 12.3. The number of nitrogens with one attached hydrogen (secondary N) is 1. The van der Waals surface area contributed by atoms with Gasteiger partial charge in [0.05, 0.1) is 5.01 Å². The highest BCUT2D eigenvalue weighted by molar-refractivity contribution is 7.12. The van der Waals surface area contributed by atoms with Crippen molar-refractivity contribution in [2.75, 3.05) is 0 Å². The molecule has 17 heavy (non-hydrogen) atoms. The summed E-state index contributed by atoms with van der Waals surface area (Å²) in [7, 11) is 0. The molecule has 2 heterocycles. The van der Waals surface area contributed by atoms with Crippen LogP contribution in [0.3, 0.4) is 0 Å². The Morgan fingerprint density at radius 2 is 2.12 bits per heavy atom. The summed E-state index contributed by atoms with van der Waals surface area (Å²) < 4.78 is 0. The first-order chi connectivity index (χ1) is 8.19. The summed E-state index contributed by atoms with van der Waals surface area (Å²) in [6, 6.07) is 4.89. The highest BCUT2D eigenvalue weighted by atomic mass is 32.1. The van der Waals surface area contributed by atoms with E-state index in [1.807, 2.05) is 24.5 Å². The van der Waals surface area contributed by atoms with E-state index in [1.54, 1.807) is 11.3 Å². The molecule has 0 spiro atoms. The van der Waals surface area contributed by atoms with Gasteiger partial charge in [0.15, 0.2) is 0 Å². The van der Waals surface area contributed by atoms with E-state index in [2.05, 4.69) is 36.3 Å². The molecule has 1 atom stereocenters. The van der Waals surface area contributed by atoms with E-state index in [-0.39, 0.29) is 0 Å². The van der Waals surface area contributed by atoms with E-state index in [4.69, 9.17) is 0 Å². The maximum absolute atomic E-state index is 4.27. The maximum atomic E-state index is 4.27. The van der Waals surface area contributed by atoms with Crippen LogP contribution in [0, 0.1) is 6.92 Å². The predicted molar refractivity (Wildman–Crippen MR) is 75.8 cm³/mol. The number of nitrogens with zero attached hydrogens (tertiary/aromatic N) is 1. The Morgan fingerprint density at radius 3 is 2.71 bits per heavy atom. The Bertz CT molecular complexity index is 473. The van der Waals surface area contributed by atoms with Crippen molar-refractivity contribution in [2.24, 2.45) is 0 Å². The van der Waals surface area contributed by atoms with Crippen LogP contribution < -0.4 is 5.32 Å². The molecule has 2 aromatic rings. The lowest BCUT2D eigenvalue weighted by Crippen LogP contribution is -2.16. The topological polar surface area (TPSA) is 24.9 Å². The normalized spacial score (nSPS) is 12.9. The van der Waals surface area contributed by atoms with Gasteiger partial charge in [0, 0.05) is 33.4 Å². The van der Waals surface area contributed by atoms with Gasteiger partial charge in [0.1, 0.15) is 0 Å². The Labute approximate surface area is 111 Å². The molecule has 4 heteroatoms. The van der Waals surface area contributed by atoms with Gasteiger partial charge >= 0.3 is 0 Å². The van der Waals surface area contributed by atoms with Gasteiger partial charge in [-0.15, -0.1) is 22.7 Å². The Balaban J connectivity index is 1.90. The van der Waals surface area contributed by atoms with Crippen molar-refractivity contribution in [1.82, 2.24) is 10.3 Å². The zero-order valence-electron chi connectivity index (χ0n) is 10.5. The molecule has 1 N–H and O–H groups in total. The molecule has 0 fully saturated rings. The third-order valence-corrected chi connectivity index (χ3v) is 5.03. The van der Waals surface area contributed by atoms with Gasteiger partial charge in [-0.05, 0) is 32.4 Å². The first kappa shape index (κ1) is 12.7. The summed E-state index contributed by atoms with van der Waals surface area (Å²) in [5, 5.41) is 4.68. The fraction of sp³-hybridized carbons (Fsp3) is 0.462. The largest absolute Gasteiger partial charge is 0.304 e. The molecular formula is C13H18N2S2. The summed E-state index contributed by atoms with van der Waals surface area (Å²) in [4.78, 5) is 8.45. The minimum Gasteiger partial charge on any atom is -0.304 e. The lowest BCUT2D eigenvalue weighted by atomic mass is 10.2. The molecule has 0 aliphatic heterocycles. The van der Waals surface area contributed by atoms with Crippen molar-refractivity contribution in [3.05, 3.63) is 38.0 Å². The number of aromatic nitrogens is 1. The molecule has 2 rings (SSSR count). The molecule has 0 saturated carbocycles. The quantitative estimate of drug-likeness (QED) is 0.887. The van der Waals surface area contributed by atoms with Crippen LogP contribution >= 0.6 is 22.7 Å². The van der Waals surface area contributed by atoms with Crippen molar-refractivity contribution in [1.29, 1.82) is 0 Å². The second-order valence-corrected chi connectivity index (χ2v) is 6.63. The van der Waals surface area contributed by atoms with E-state index in [9.17, 15) is 0 Å². The molecule has 0 aliphatic rings. The van der Waals surface area contributed by atoms with Crippen LogP contribution in [0.4, 0.5) is 0 Å². The monoisotopic (exact) mass is 266 g/mol. The van der Waals surface area contributed by atoms with Crippen LogP contribution in [-0.2, 0) is 13.0 Å². The highest BCUT2D eigenvalue weighted by Crippen LogP contribution is 2.24. The molecular weight excluding hydrogens is 248 g/mol. The van der Waals surface area contributed by atoms with Crippen LogP contribution in [0.2, 0.25) is 0 Å². The van der Waals surface area contributed by atoms with Gasteiger partial charge in [0.2, 0.25) is 0 Å². The van der Waals surface area contributed by atoms with Crippen LogP contribution in [0.15, 0.2) is 18.3 Å². The van der Waals surface area contributed by atoms with Crippen molar-refractivity contribution in [2.45, 2.75) is 39.8 Å². The standard InChI is InChI=1S/C13H18N2S2/c1-4-11-5-6-13(17-11)9(2)14-7-12-8-15-10(3)16-12/h5-6,8-9,14H,4,7H2,1-3H3. The molecule has 0 aromatic carbocycles. The van der Waals surface area contributed by atoms with E-state index in [0.717, 1.165) is 18.0 Å². The number of thiazole rings is 1. The van der Waals surface area contributed by atoms with Gasteiger partial charge in [0.25, 0.3) is 0 Å². The van der Waals surface area contributed by atoms with Crippen LogP contribution in [0.25, 0.3) is 0 Å².